The summed E-state index contributed by atoms with van der Waals surface area (Å²) in [5, 5.41) is 0. The topological polar surface area (TPSA) is 34.1 Å². The van der Waals surface area contributed by atoms with Gasteiger partial charge in [-0.25, -0.2) is 0 Å². The highest BCUT2D eigenvalue weighted by atomic mass is 16.1. The first-order valence-corrected chi connectivity index (χ1v) is 6.21. The molecule has 2 bridgehead atoms. The molecule has 0 aromatic rings. The van der Waals surface area contributed by atoms with Crippen LogP contribution in [0.5, 0.6) is 0 Å². The molecule has 0 saturated heterocycles. The molecule has 0 heterocycles. The third-order valence-corrected chi connectivity index (χ3v) is 5.04. The third kappa shape index (κ3) is 0.751. The van der Waals surface area contributed by atoms with Crippen molar-refractivity contribution in [2.75, 3.05) is 0 Å². The molecule has 4 rings (SSSR count). The zero-order valence-corrected chi connectivity index (χ0v) is 9.11. The van der Waals surface area contributed by atoms with Crippen LogP contribution in [0.2, 0.25) is 0 Å². The second-order valence-electron chi connectivity index (χ2n) is 5.64. The number of rotatable bonds is 0. The van der Waals surface area contributed by atoms with E-state index in [4.69, 9.17) is 0 Å². The number of hydrogen-bond acceptors (Lipinski definition) is 2. The van der Waals surface area contributed by atoms with Crippen LogP contribution in [0, 0.1) is 23.2 Å². The minimum absolute atomic E-state index is 0.0353. The summed E-state index contributed by atoms with van der Waals surface area (Å²) in [6.45, 7) is 0. The van der Waals surface area contributed by atoms with E-state index in [1.54, 1.807) is 6.08 Å². The maximum absolute atomic E-state index is 12.2. The number of hydrogen-bond donors (Lipinski definition) is 0. The predicted octanol–water partition coefficient (Wildman–Crippen LogP) is 2.06. The molecule has 4 aliphatic rings. The van der Waals surface area contributed by atoms with Gasteiger partial charge in [-0.3, -0.25) is 9.59 Å². The summed E-state index contributed by atoms with van der Waals surface area (Å²) in [6.07, 6.45) is 10.4. The summed E-state index contributed by atoms with van der Waals surface area (Å²) < 4.78 is 0. The maximum atomic E-state index is 12.2. The van der Waals surface area contributed by atoms with Crippen molar-refractivity contribution < 1.29 is 9.59 Å². The van der Waals surface area contributed by atoms with E-state index in [-0.39, 0.29) is 29.0 Å². The number of ketones is 2. The van der Waals surface area contributed by atoms with Gasteiger partial charge in [-0.2, -0.15) is 0 Å². The Labute approximate surface area is 94.4 Å². The van der Waals surface area contributed by atoms with Crippen molar-refractivity contribution in [3.8, 4) is 0 Å². The van der Waals surface area contributed by atoms with Crippen LogP contribution in [0.15, 0.2) is 23.8 Å². The summed E-state index contributed by atoms with van der Waals surface area (Å²) in [5.74, 6) is 0.470. The van der Waals surface area contributed by atoms with Crippen molar-refractivity contribution in [2.45, 2.75) is 25.7 Å². The van der Waals surface area contributed by atoms with Gasteiger partial charge in [-0.05, 0) is 25.3 Å². The Hall–Kier alpha value is -1.18. The van der Waals surface area contributed by atoms with Gasteiger partial charge < -0.3 is 0 Å². The lowest BCUT2D eigenvalue weighted by molar-refractivity contribution is -0.124. The molecular formula is C14H14O2. The van der Waals surface area contributed by atoms with Gasteiger partial charge in [0.05, 0.1) is 0 Å². The van der Waals surface area contributed by atoms with E-state index >= 15 is 0 Å². The van der Waals surface area contributed by atoms with Gasteiger partial charge >= 0.3 is 0 Å². The molecule has 4 aliphatic carbocycles. The Morgan fingerprint density at radius 1 is 1.25 bits per heavy atom. The molecule has 0 aromatic carbocycles. The zero-order valence-electron chi connectivity index (χ0n) is 9.11. The lowest BCUT2D eigenvalue weighted by Crippen LogP contribution is -2.34. The largest absolute Gasteiger partial charge is 0.298 e. The first-order valence-electron chi connectivity index (χ1n) is 6.21. The van der Waals surface area contributed by atoms with Crippen LogP contribution < -0.4 is 0 Å². The third-order valence-electron chi connectivity index (χ3n) is 5.04. The fourth-order valence-corrected chi connectivity index (χ4v) is 4.52. The first kappa shape index (κ1) is 8.91. The van der Waals surface area contributed by atoms with Gasteiger partial charge in [-0.15, -0.1) is 0 Å². The molecule has 0 N–H and O–H groups in total. The molecule has 2 heteroatoms. The summed E-state index contributed by atoms with van der Waals surface area (Å²) >= 11 is 0. The molecule has 1 spiro atoms. The molecule has 0 aromatic heterocycles. The molecule has 2 fully saturated rings. The lowest BCUT2D eigenvalue weighted by atomic mass is 9.66. The highest BCUT2D eigenvalue weighted by molar-refractivity contribution is 6.07. The second kappa shape index (κ2) is 2.55. The Balaban J connectivity index is 1.97. The van der Waals surface area contributed by atoms with Crippen molar-refractivity contribution in [1.29, 1.82) is 0 Å². The van der Waals surface area contributed by atoms with Gasteiger partial charge in [0.15, 0.2) is 5.78 Å². The maximum Gasteiger partial charge on any atom is 0.160 e. The molecule has 0 aliphatic heterocycles. The van der Waals surface area contributed by atoms with Crippen LogP contribution in [-0.4, -0.2) is 11.6 Å². The molecule has 16 heavy (non-hydrogen) atoms. The molecule has 2 saturated carbocycles. The number of fused-ring (bicyclic) bond motifs is 2. The van der Waals surface area contributed by atoms with Crippen molar-refractivity contribution in [3.05, 3.63) is 23.8 Å². The lowest BCUT2D eigenvalue weighted by Gasteiger charge is -2.34. The van der Waals surface area contributed by atoms with Crippen LogP contribution in [-0.2, 0) is 9.59 Å². The van der Waals surface area contributed by atoms with Gasteiger partial charge in [0.1, 0.15) is 5.78 Å². The van der Waals surface area contributed by atoms with Crippen molar-refractivity contribution in [3.63, 3.8) is 0 Å². The van der Waals surface area contributed by atoms with E-state index in [1.165, 1.54) is 12.0 Å². The number of carbonyl (C=O) groups is 2. The van der Waals surface area contributed by atoms with Gasteiger partial charge in [0.25, 0.3) is 0 Å². The summed E-state index contributed by atoms with van der Waals surface area (Å²) in [6, 6.07) is 0. The fraction of sp³-hybridized carbons (Fsp3) is 0.571. The van der Waals surface area contributed by atoms with Gasteiger partial charge in [-0.1, -0.05) is 24.1 Å². The smallest absolute Gasteiger partial charge is 0.160 e. The van der Waals surface area contributed by atoms with E-state index in [0.717, 1.165) is 19.3 Å². The quantitative estimate of drug-likeness (QED) is 0.578. The normalized spacial score (nSPS) is 48.2. The Morgan fingerprint density at radius 3 is 3.00 bits per heavy atom. The van der Waals surface area contributed by atoms with Crippen LogP contribution >= 0.6 is 0 Å². The van der Waals surface area contributed by atoms with Gasteiger partial charge in [0, 0.05) is 23.2 Å². The van der Waals surface area contributed by atoms with E-state index in [2.05, 4.69) is 12.2 Å². The second-order valence-corrected chi connectivity index (χ2v) is 5.64. The predicted molar refractivity (Wildman–Crippen MR) is 58.6 cm³/mol. The molecule has 0 amide bonds. The van der Waals surface area contributed by atoms with Crippen LogP contribution in [0.1, 0.15) is 25.7 Å². The molecule has 4 atom stereocenters. The first-order chi connectivity index (χ1) is 7.74. The van der Waals surface area contributed by atoms with Gasteiger partial charge in [0.2, 0.25) is 0 Å². The fourth-order valence-electron chi connectivity index (χ4n) is 4.52. The van der Waals surface area contributed by atoms with Crippen LogP contribution in [0.4, 0.5) is 0 Å². The average molecular weight is 214 g/mol. The molecule has 82 valence electrons. The van der Waals surface area contributed by atoms with Crippen molar-refractivity contribution in [2.24, 2.45) is 23.2 Å². The molecule has 0 unspecified atom stereocenters. The number of allylic oxidation sites excluding steroid dienone is 4. The summed E-state index contributed by atoms with van der Waals surface area (Å²) in [4.78, 5) is 24.2. The number of Topliss-reactive ketones (excluding diaryl/α,β-unsaturated/α-hetero) is 1. The van der Waals surface area contributed by atoms with E-state index in [9.17, 15) is 9.59 Å². The Bertz CT molecular complexity index is 471. The molecule has 0 radical (unpaired) electrons. The zero-order chi connectivity index (χ0) is 10.9. The van der Waals surface area contributed by atoms with E-state index < -0.39 is 0 Å². The molecule has 2 nitrogen and oxygen atoms in total. The van der Waals surface area contributed by atoms with E-state index in [1.807, 2.05) is 0 Å². The Morgan fingerprint density at radius 2 is 2.12 bits per heavy atom. The SMILES string of the molecule is O=C1[C@H]2C3=C[C@@H]1[C@@H]1C(=O)C=C[C@]21CCCC3. The monoisotopic (exact) mass is 214 g/mol. The minimum atomic E-state index is -0.0978. The minimum Gasteiger partial charge on any atom is -0.298 e. The van der Waals surface area contributed by atoms with Crippen LogP contribution in [0.25, 0.3) is 0 Å². The number of carbonyl (C=O) groups excluding carboxylic acids is 2. The standard InChI is InChI=1S/C14H14O2/c15-10-4-6-14-5-2-1-3-8-7-9(12(10)14)13(16)11(8)14/h4,6-7,9,11-12H,1-3,5H2/t9-,11-,12-,14-/m1/s1. The highest BCUT2D eigenvalue weighted by Gasteiger charge is 2.66. The Kier molecular flexibility index (Phi) is 1.42. The van der Waals surface area contributed by atoms with Crippen molar-refractivity contribution in [1.82, 2.24) is 0 Å². The summed E-state index contributed by atoms with van der Waals surface area (Å²) in [7, 11) is 0. The van der Waals surface area contributed by atoms with Crippen molar-refractivity contribution >= 4 is 11.6 Å². The average Bonchev–Trinajstić information content (AvgIpc) is 2.79. The highest BCUT2D eigenvalue weighted by Crippen LogP contribution is 2.64. The summed E-state index contributed by atoms with van der Waals surface area (Å²) in [5.41, 5.74) is 1.24. The molecular weight excluding hydrogens is 200 g/mol. The van der Waals surface area contributed by atoms with Crippen LogP contribution in [0.3, 0.4) is 0 Å². The van der Waals surface area contributed by atoms with E-state index in [0.29, 0.717) is 5.78 Å².